The van der Waals surface area contributed by atoms with Crippen molar-refractivity contribution in [2.75, 3.05) is 7.11 Å². The van der Waals surface area contributed by atoms with Crippen LogP contribution in [0.25, 0.3) is 0 Å². The third-order valence-corrected chi connectivity index (χ3v) is 3.25. The van der Waals surface area contributed by atoms with E-state index in [9.17, 15) is 0 Å². The highest BCUT2D eigenvalue weighted by molar-refractivity contribution is 5.27. The highest BCUT2D eigenvalue weighted by atomic mass is 16.7. The molecule has 0 fully saturated rings. The molecule has 0 N–H and O–H groups in total. The molecule has 0 heterocycles. The molecule has 1 atom stereocenters. The maximum Gasteiger partial charge on any atom is 0.204 e. The minimum absolute atomic E-state index is 0.0420. The van der Waals surface area contributed by atoms with Crippen molar-refractivity contribution in [3.05, 3.63) is 29.8 Å². The van der Waals surface area contributed by atoms with Gasteiger partial charge in [0.15, 0.2) is 0 Å². The van der Waals surface area contributed by atoms with Crippen LogP contribution in [0.15, 0.2) is 24.3 Å². The van der Waals surface area contributed by atoms with Gasteiger partial charge in [-0.25, -0.2) is 0 Å². The van der Waals surface area contributed by atoms with Crippen LogP contribution in [0.1, 0.15) is 53.5 Å². The molecule has 1 unspecified atom stereocenters. The Labute approximate surface area is 124 Å². The molecular formula is C18H30O2. The molecule has 0 aliphatic rings. The van der Waals surface area contributed by atoms with Crippen LogP contribution in [0.3, 0.4) is 0 Å². The molecule has 1 rings (SSSR count). The molecular weight excluding hydrogens is 248 g/mol. The van der Waals surface area contributed by atoms with Crippen LogP contribution in [0.2, 0.25) is 0 Å². The smallest absolute Gasteiger partial charge is 0.204 e. The zero-order valence-electron chi connectivity index (χ0n) is 14.1. The fraction of sp³-hybridized carbons (Fsp3) is 0.667. The summed E-state index contributed by atoms with van der Waals surface area (Å²) >= 11 is 0. The van der Waals surface area contributed by atoms with Gasteiger partial charge in [0.1, 0.15) is 5.75 Å². The van der Waals surface area contributed by atoms with Crippen molar-refractivity contribution < 1.29 is 9.47 Å². The molecule has 0 saturated heterocycles. The normalized spacial score (nSPS) is 14.2. The van der Waals surface area contributed by atoms with E-state index in [0.29, 0.717) is 5.41 Å². The van der Waals surface area contributed by atoms with E-state index >= 15 is 0 Å². The Morgan fingerprint density at radius 3 is 1.90 bits per heavy atom. The molecule has 0 aliphatic carbocycles. The molecule has 0 radical (unpaired) electrons. The summed E-state index contributed by atoms with van der Waals surface area (Å²) in [6.45, 7) is 13.2. The molecule has 114 valence electrons. The zero-order valence-corrected chi connectivity index (χ0v) is 14.1. The van der Waals surface area contributed by atoms with Gasteiger partial charge in [-0.05, 0) is 36.0 Å². The summed E-state index contributed by atoms with van der Waals surface area (Å²) in [5.41, 5.74) is 1.69. The highest BCUT2D eigenvalue weighted by Crippen LogP contribution is 2.26. The molecule has 2 nitrogen and oxygen atoms in total. The van der Waals surface area contributed by atoms with Gasteiger partial charge in [-0.2, -0.15) is 0 Å². The lowest BCUT2D eigenvalue weighted by molar-refractivity contribution is -0.120. The van der Waals surface area contributed by atoms with Gasteiger partial charge in [-0.1, -0.05) is 53.7 Å². The van der Waals surface area contributed by atoms with Crippen LogP contribution < -0.4 is 4.74 Å². The summed E-state index contributed by atoms with van der Waals surface area (Å²) in [7, 11) is 1.69. The van der Waals surface area contributed by atoms with Crippen molar-refractivity contribution in [2.24, 2.45) is 10.8 Å². The Balaban J connectivity index is 2.62. The van der Waals surface area contributed by atoms with E-state index in [2.05, 4.69) is 53.7 Å². The third-order valence-electron chi connectivity index (χ3n) is 3.25. The summed E-state index contributed by atoms with van der Waals surface area (Å²) in [4.78, 5) is 0. The van der Waals surface area contributed by atoms with Crippen molar-refractivity contribution in [1.29, 1.82) is 0 Å². The minimum Gasteiger partial charge on any atom is -0.464 e. The van der Waals surface area contributed by atoms with E-state index in [1.54, 1.807) is 7.11 Å². The van der Waals surface area contributed by atoms with Crippen LogP contribution in [-0.2, 0) is 11.2 Å². The van der Waals surface area contributed by atoms with Gasteiger partial charge in [-0.15, -0.1) is 0 Å². The van der Waals surface area contributed by atoms with Gasteiger partial charge in [0.25, 0.3) is 0 Å². The topological polar surface area (TPSA) is 18.5 Å². The molecule has 2 heteroatoms. The van der Waals surface area contributed by atoms with Gasteiger partial charge in [0, 0.05) is 12.5 Å². The summed E-state index contributed by atoms with van der Waals surface area (Å²) < 4.78 is 11.3. The minimum atomic E-state index is -0.233. The first-order chi connectivity index (χ1) is 9.12. The molecule has 0 amide bonds. The number of hydrogen-bond donors (Lipinski definition) is 0. The second-order valence-electron chi connectivity index (χ2n) is 7.76. The number of aryl methyl sites for hydroxylation is 1. The number of hydrogen-bond acceptors (Lipinski definition) is 2. The average molecular weight is 278 g/mol. The first kappa shape index (κ1) is 17.0. The first-order valence-corrected chi connectivity index (χ1v) is 7.40. The Bertz CT molecular complexity index is 393. The summed E-state index contributed by atoms with van der Waals surface area (Å²) in [6.07, 6.45) is 2.06. The quantitative estimate of drug-likeness (QED) is 0.701. The van der Waals surface area contributed by atoms with E-state index < -0.39 is 0 Å². The summed E-state index contributed by atoms with van der Waals surface area (Å²) in [5.74, 6) is 0.867. The second kappa shape index (κ2) is 6.62. The van der Waals surface area contributed by atoms with Crippen LogP contribution in [0.5, 0.6) is 5.75 Å². The fourth-order valence-electron chi connectivity index (χ4n) is 1.96. The molecule has 1 aromatic carbocycles. The van der Waals surface area contributed by atoms with Crippen molar-refractivity contribution in [3.63, 3.8) is 0 Å². The maximum absolute atomic E-state index is 5.91. The van der Waals surface area contributed by atoms with Gasteiger partial charge in [0.2, 0.25) is 6.29 Å². The number of methoxy groups -OCH3 is 1. The van der Waals surface area contributed by atoms with Crippen LogP contribution >= 0.6 is 0 Å². The number of rotatable bonds is 5. The summed E-state index contributed by atoms with van der Waals surface area (Å²) in [6, 6.07) is 8.37. The fourth-order valence-corrected chi connectivity index (χ4v) is 1.96. The number of benzene rings is 1. The molecule has 20 heavy (non-hydrogen) atoms. The Morgan fingerprint density at radius 2 is 1.50 bits per heavy atom. The first-order valence-electron chi connectivity index (χ1n) is 7.40. The van der Waals surface area contributed by atoms with Gasteiger partial charge < -0.3 is 9.47 Å². The molecule has 0 aromatic heterocycles. The Morgan fingerprint density at radius 1 is 0.950 bits per heavy atom. The van der Waals surface area contributed by atoms with E-state index in [1.807, 2.05) is 12.1 Å². The lowest BCUT2D eigenvalue weighted by Gasteiger charge is -2.29. The lowest BCUT2D eigenvalue weighted by atomic mass is 9.89. The highest BCUT2D eigenvalue weighted by Gasteiger charge is 2.26. The monoisotopic (exact) mass is 278 g/mol. The maximum atomic E-state index is 5.91. The SMILES string of the molecule is COC(Oc1ccc(CCC(C)(C)C)cc1)C(C)(C)C. The van der Waals surface area contributed by atoms with Crippen LogP contribution in [-0.4, -0.2) is 13.4 Å². The van der Waals surface area contributed by atoms with E-state index in [4.69, 9.17) is 9.47 Å². The molecule has 1 aromatic rings. The van der Waals surface area contributed by atoms with Crippen LogP contribution in [0, 0.1) is 10.8 Å². The zero-order chi connectivity index (χ0) is 15.4. The van der Waals surface area contributed by atoms with Crippen molar-refractivity contribution in [1.82, 2.24) is 0 Å². The third kappa shape index (κ3) is 5.96. The second-order valence-corrected chi connectivity index (χ2v) is 7.76. The predicted octanol–water partition coefficient (Wildman–Crippen LogP) is 5.06. The Kier molecular flexibility index (Phi) is 5.64. The van der Waals surface area contributed by atoms with Crippen molar-refractivity contribution in [3.8, 4) is 5.75 Å². The summed E-state index contributed by atoms with van der Waals surface area (Å²) in [5, 5.41) is 0. The van der Waals surface area contributed by atoms with E-state index in [-0.39, 0.29) is 11.7 Å². The molecule has 0 bridgehead atoms. The van der Waals surface area contributed by atoms with E-state index in [1.165, 1.54) is 12.0 Å². The molecule has 0 saturated carbocycles. The number of ether oxygens (including phenoxy) is 2. The Hall–Kier alpha value is -1.02. The molecule has 0 aliphatic heterocycles. The van der Waals surface area contributed by atoms with Crippen molar-refractivity contribution >= 4 is 0 Å². The van der Waals surface area contributed by atoms with Gasteiger partial charge in [-0.3, -0.25) is 0 Å². The van der Waals surface area contributed by atoms with Gasteiger partial charge >= 0.3 is 0 Å². The lowest BCUT2D eigenvalue weighted by Crippen LogP contribution is -2.33. The molecule has 0 spiro atoms. The van der Waals surface area contributed by atoms with Gasteiger partial charge in [0.05, 0.1) is 0 Å². The average Bonchev–Trinajstić information content (AvgIpc) is 2.32. The van der Waals surface area contributed by atoms with E-state index in [0.717, 1.165) is 12.2 Å². The predicted molar refractivity (Wildman–Crippen MR) is 85.1 cm³/mol. The van der Waals surface area contributed by atoms with Crippen LogP contribution in [0.4, 0.5) is 0 Å². The van der Waals surface area contributed by atoms with Crippen molar-refractivity contribution in [2.45, 2.75) is 60.7 Å². The largest absolute Gasteiger partial charge is 0.464 e. The standard InChI is InChI=1S/C18H30O2/c1-17(2,3)13-12-14-8-10-15(11-9-14)20-16(19-7)18(4,5)6/h8-11,16H,12-13H2,1-7H3.